The molecule has 1 aromatic carbocycles. The number of rotatable bonds is 5. The smallest absolute Gasteiger partial charge is 0.305 e. The van der Waals surface area contributed by atoms with E-state index in [0.29, 0.717) is 12.6 Å². The zero-order chi connectivity index (χ0) is 13.8. The molecule has 1 heterocycles. The Balaban J connectivity index is 2.07. The minimum Gasteiger partial charge on any atom is -0.308 e. The van der Waals surface area contributed by atoms with Gasteiger partial charge in [-0.1, -0.05) is 0 Å². The Labute approximate surface area is 111 Å². The van der Waals surface area contributed by atoms with E-state index in [1.54, 1.807) is 11.3 Å². The number of nitro benzene ring substituents is 1. The summed E-state index contributed by atoms with van der Waals surface area (Å²) in [6, 6.07) is 3.38. The van der Waals surface area contributed by atoms with Crippen LogP contribution in [0.4, 0.5) is 14.5 Å². The molecule has 0 spiro atoms. The van der Waals surface area contributed by atoms with Gasteiger partial charge < -0.3 is 5.32 Å². The maximum atomic E-state index is 13.5. The molecule has 0 amide bonds. The first kappa shape index (κ1) is 13.6. The van der Waals surface area contributed by atoms with Gasteiger partial charge in [0.15, 0.2) is 0 Å². The maximum Gasteiger partial charge on any atom is 0.305 e. The third-order valence-corrected chi connectivity index (χ3v) is 3.27. The highest BCUT2D eigenvalue weighted by molar-refractivity contribution is 7.07. The monoisotopic (exact) mass is 284 g/mol. The SMILES string of the molecule is O=[N+]([O-])c1cc(CNCc2ccsc2)c(F)cc1F. The first-order valence-corrected chi connectivity index (χ1v) is 6.36. The van der Waals surface area contributed by atoms with Crippen LogP contribution in [0.25, 0.3) is 0 Å². The average Bonchev–Trinajstić information content (AvgIpc) is 2.84. The maximum absolute atomic E-state index is 13.5. The van der Waals surface area contributed by atoms with Crippen molar-refractivity contribution in [2.75, 3.05) is 0 Å². The summed E-state index contributed by atoms with van der Waals surface area (Å²) in [6.07, 6.45) is 0. The first-order chi connectivity index (χ1) is 9.08. The molecule has 0 atom stereocenters. The summed E-state index contributed by atoms with van der Waals surface area (Å²) in [6.45, 7) is 0.622. The summed E-state index contributed by atoms with van der Waals surface area (Å²) in [4.78, 5) is 9.71. The third-order valence-electron chi connectivity index (χ3n) is 2.54. The Bertz CT molecular complexity index is 588. The lowest BCUT2D eigenvalue weighted by Crippen LogP contribution is -2.13. The molecule has 0 aliphatic rings. The molecule has 100 valence electrons. The van der Waals surface area contributed by atoms with Gasteiger partial charge in [-0.25, -0.2) is 4.39 Å². The third kappa shape index (κ3) is 3.33. The highest BCUT2D eigenvalue weighted by Crippen LogP contribution is 2.21. The van der Waals surface area contributed by atoms with Gasteiger partial charge in [0.1, 0.15) is 5.82 Å². The number of nitrogens with one attached hydrogen (secondary N) is 1. The first-order valence-electron chi connectivity index (χ1n) is 5.42. The van der Waals surface area contributed by atoms with Crippen LogP contribution in [0, 0.1) is 21.7 Å². The molecule has 1 N–H and O–H groups in total. The van der Waals surface area contributed by atoms with Gasteiger partial charge in [-0.2, -0.15) is 15.7 Å². The second kappa shape index (κ2) is 5.85. The van der Waals surface area contributed by atoms with Gasteiger partial charge in [0, 0.05) is 30.8 Å². The zero-order valence-corrected chi connectivity index (χ0v) is 10.5. The fourth-order valence-corrected chi connectivity index (χ4v) is 2.26. The van der Waals surface area contributed by atoms with Crippen LogP contribution in [0.5, 0.6) is 0 Å². The molecule has 4 nitrogen and oxygen atoms in total. The van der Waals surface area contributed by atoms with Gasteiger partial charge in [-0.05, 0) is 22.4 Å². The van der Waals surface area contributed by atoms with E-state index in [4.69, 9.17) is 0 Å². The summed E-state index contributed by atoms with van der Waals surface area (Å²) in [5, 5.41) is 17.4. The molecule has 2 rings (SSSR count). The van der Waals surface area contributed by atoms with Crippen molar-refractivity contribution in [3.8, 4) is 0 Å². The van der Waals surface area contributed by atoms with Gasteiger partial charge in [-0.3, -0.25) is 10.1 Å². The lowest BCUT2D eigenvalue weighted by atomic mass is 10.1. The molecular weight excluding hydrogens is 274 g/mol. The van der Waals surface area contributed by atoms with E-state index >= 15 is 0 Å². The predicted octanol–water partition coefficient (Wildman–Crippen LogP) is 3.22. The molecule has 0 unspecified atom stereocenters. The minimum atomic E-state index is -1.16. The average molecular weight is 284 g/mol. The Morgan fingerprint density at radius 1 is 1.26 bits per heavy atom. The zero-order valence-electron chi connectivity index (χ0n) is 9.73. The predicted molar refractivity (Wildman–Crippen MR) is 67.9 cm³/mol. The molecule has 0 bridgehead atoms. The van der Waals surface area contributed by atoms with Crippen LogP contribution in [-0.2, 0) is 13.1 Å². The molecule has 7 heteroatoms. The number of hydrogen-bond acceptors (Lipinski definition) is 4. The number of nitrogens with zero attached hydrogens (tertiary/aromatic N) is 1. The Morgan fingerprint density at radius 3 is 2.68 bits per heavy atom. The van der Waals surface area contributed by atoms with Gasteiger partial charge in [0.25, 0.3) is 0 Å². The molecule has 0 saturated carbocycles. The van der Waals surface area contributed by atoms with Crippen molar-refractivity contribution in [3.63, 3.8) is 0 Å². The van der Waals surface area contributed by atoms with Crippen LogP contribution in [-0.4, -0.2) is 4.92 Å². The second-order valence-electron chi connectivity index (χ2n) is 3.89. The topological polar surface area (TPSA) is 55.2 Å². The quantitative estimate of drug-likeness (QED) is 0.677. The van der Waals surface area contributed by atoms with Crippen LogP contribution < -0.4 is 5.32 Å². The molecule has 0 radical (unpaired) electrons. The van der Waals surface area contributed by atoms with Crippen molar-refractivity contribution in [1.29, 1.82) is 0 Å². The largest absolute Gasteiger partial charge is 0.308 e. The standard InChI is InChI=1S/C12H10F2N2O2S/c13-10-4-11(14)12(16(17)18)3-9(10)6-15-5-8-1-2-19-7-8/h1-4,7,15H,5-6H2. The molecule has 0 aliphatic heterocycles. The highest BCUT2D eigenvalue weighted by atomic mass is 32.1. The van der Waals surface area contributed by atoms with E-state index in [2.05, 4.69) is 5.32 Å². The van der Waals surface area contributed by atoms with Crippen molar-refractivity contribution in [2.24, 2.45) is 0 Å². The van der Waals surface area contributed by atoms with E-state index in [9.17, 15) is 18.9 Å². The van der Waals surface area contributed by atoms with Crippen LogP contribution in [0.1, 0.15) is 11.1 Å². The van der Waals surface area contributed by atoms with Crippen LogP contribution >= 0.6 is 11.3 Å². The van der Waals surface area contributed by atoms with Crippen LogP contribution in [0.15, 0.2) is 29.0 Å². The van der Waals surface area contributed by atoms with Gasteiger partial charge >= 0.3 is 5.69 Å². The van der Waals surface area contributed by atoms with E-state index in [-0.39, 0.29) is 12.1 Å². The fourth-order valence-electron chi connectivity index (χ4n) is 1.59. The van der Waals surface area contributed by atoms with Crippen molar-refractivity contribution in [1.82, 2.24) is 5.32 Å². The van der Waals surface area contributed by atoms with E-state index < -0.39 is 22.2 Å². The second-order valence-corrected chi connectivity index (χ2v) is 4.67. The summed E-state index contributed by atoms with van der Waals surface area (Å²) in [7, 11) is 0. The molecule has 0 fully saturated rings. The Kier molecular flexibility index (Phi) is 4.18. The molecule has 19 heavy (non-hydrogen) atoms. The molecule has 1 aromatic heterocycles. The number of benzene rings is 1. The van der Waals surface area contributed by atoms with Crippen molar-refractivity contribution < 1.29 is 13.7 Å². The lowest BCUT2D eigenvalue weighted by Gasteiger charge is -2.05. The normalized spacial score (nSPS) is 10.6. The van der Waals surface area contributed by atoms with E-state index in [0.717, 1.165) is 11.6 Å². The Hall–Kier alpha value is -1.86. The number of thiophene rings is 1. The minimum absolute atomic E-state index is 0.0725. The Morgan fingerprint density at radius 2 is 2.05 bits per heavy atom. The summed E-state index contributed by atoms with van der Waals surface area (Å²) >= 11 is 1.54. The summed E-state index contributed by atoms with van der Waals surface area (Å²) in [5.41, 5.74) is 0.402. The summed E-state index contributed by atoms with van der Waals surface area (Å²) < 4.78 is 26.6. The summed E-state index contributed by atoms with van der Waals surface area (Å²) in [5.74, 6) is -1.95. The van der Waals surface area contributed by atoms with Crippen molar-refractivity contribution >= 4 is 17.0 Å². The highest BCUT2D eigenvalue weighted by Gasteiger charge is 2.18. The van der Waals surface area contributed by atoms with Crippen molar-refractivity contribution in [2.45, 2.75) is 13.1 Å². The van der Waals surface area contributed by atoms with Crippen molar-refractivity contribution in [3.05, 3.63) is 61.8 Å². The van der Waals surface area contributed by atoms with E-state index in [1.165, 1.54) is 0 Å². The van der Waals surface area contributed by atoms with Gasteiger partial charge in [0.05, 0.1) is 4.92 Å². The van der Waals surface area contributed by atoms with Gasteiger partial charge in [0.2, 0.25) is 5.82 Å². The molecule has 0 saturated heterocycles. The fraction of sp³-hybridized carbons (Fsp3) is 0.167. The molecule has 0 aliphatic carbocycles. The van der Waals surface area contributed by atoms with E-state index in [1.807, 2.05) is 16.8 Å². The number of halogens is 2. The number of nitro groups is 1. The van der Waals surface area contributed by atoms with Crippen LogP contribution in [0.3, 0.4) is 0 Å². The number of hydrogen-bond donors (Lipinski definition) is 1. The lowest BCUT2D eigenvalue weighted by molar-refractivity contribution is -0.387. The van der Waals surface area contributed by atoms with Crippen LogP contribution in [0.2, 0.25) is 0 Å². The molecule has 2 aromatic rings. The van der Waals surface area contributed by atoms with Gasteiger partial charge in [-0.15, -0.1) is 0 Å². The molecular formula is C12H10F2N2O2S.